The summed E-state index contributed by atoms with van der Waals surface area (Å²) in [5.74, 6) is 1.51. The van der Waals surface area contributed by atoms with E-state index in [0.29, 0.717) is 5.92 Å². The third kappa shape index (κ3) is 3.70. The molecule has 0 amide bonds. The molecule has 0 radical (unpaired) electrons. The highest BCUT2D eigenvalue weighted by Gasteiger charge is 2.25. The van der Waals surface area contributed by atoms with Crippen LogP contribution < -0.4 is 10.1 Å². The minimum absolute atomic E-state index is 0.0884. The quantitative estimate of drug-likeness (QED) is 0.645. The molecular weight excluding hydrogens is 306 g/mol. The number of hydrogen-bond acceptors (Lipinski definition) is 3. The number of nitrogens with one attached hydrogen (secondary N) is 1. The lowest BCUT2D eigenvalue weighted by Gasteiger charge is -2.12. The Morgan fingerprint density at radius 2 is 2.09 bits per heavy atom. The minimum Gasteiger partial charge on any atom is -0.497 e. The second kappa shape index (κ2) is 6.67. The van der Waals surface area contributed by atoms with E-state index in [9.17, 15) is 4.79 Å². The Hall–Kier alpha value is -1.94. The predicted molar refractivity (Wildman–Crippen MR) is 97.5 cm³/mol. The molecule has 0 spiro atoms. The van der Waals surface area contributed by atoms with Gasteiger partial charge in [-0.1, -0.05) is 18.3 Å². The normalized spacial score (nSPS) is 13.8. The first-order valence-electron chi connectivity index (χ1n) is 7.98. The van der Waals surface area contributed by atoms with E-state index in [1.807, 2.05) is 30.3 Å². The number of methoxy groups -OCH3 is 1. The smallest absolute Gasteiger partial charge is 0.159 e. The van der Waals surface area contributed by atoms with E-state index in [2.05, 4.69) is 5.32 Å². The highest BCUT2D eigenvalue weighted by Crippen LogP contribution is 2.30. The summed E-state index contributed by atoms with van der Waals surface area (Å²) in [5, 5.41) is 5.55. The first-order valence-corrected chi connectivity index (χ1v) is 8.38. The molecule has 1 saturated carbocycles. The van der Waals surface area contributed by atoms with Gasteiger partial charge in [0.25, 0.3) is 0 Å². The zero-order chi connectivity index (χ0) is 16.4. The summed E-state index contributed by atoms with van der Waals surface area (Å²) in [6.07, 6.45) is 3.26. The van der Waals surface area contributed by atoms with Crippen LogP contribution in [0.25, 0.3) is 10.8 Å². The van der Waals surface area contributed by atoms with Gasteiger partial charge in [0.05, 0.1) is 12.1 Å². The number of benzene rings is 2. The number of carbonyl (C=O) groups excluding carboxylic acids is 1. The van der Waals surface area contributed by atoms with Crippen LogP contribution >= 0.6 is 12.2 Å². The third-order valence-corrected chi connectivity index (χ3v) is 4.77. The maximum Gasteiger partial charge on any atom is 0.159 e. The summed E-state index contributed by atoms with van der Waals surface area (Å²) in [5.41, 5.74) is 1.90. The summed E-state index contributed by atoms with van der Waals surface area (Å²) in [4.78, 5) is 12.8. The van der Waals surface area contributed by atoms with Crippen molar-refractivity contribution in [3.63, 3.8) is 0 Å². The summed E-state index contributed by atoms with van der Waals surface area (Å²) in [7, 11) is 1.67. The van der Waals surface area contributed by atoms with Gasteiger partial charge in [0.15, 0.2) is 5.78 Å². The molecule has 1 fully saturated rings. The van der Waals surface area contributed by atoms with Crippen LogP contribution in [0.3, 0.4) is 0 Å². The van der Waals surface area contributed by atoms with Crippen LogP contribution in [-0.4, -0.2) is 24.4 Å². The fourth-order valence-corrected chi connectivity index (χ4v) is 3.10. The number of ketones is 1. The summed E-state index contributed by atoms with van der Waals surface area (Å²) in [6.45, 7) is 2.40. The van der Waals surface area contributed by atoms with Gasteiger partial charge in [-0.2, -0.15) is 0 Å². The molecule has 0 saturated heterocycles. The van der Waals surface area contributed by atoms with Crippen molar-refractivity contribution in [3.8, 4) is 5.75 Å². The van der Waals surface area contributed by atoms with Crippen molar-refractivity contribution in [2.45, 2.75) is 26.2 Å². The molecule has 2 aromatic carbocycles. The van der Waals surface area contributed by atoms with E-state index in [1.165, 1.54) is 12.8 Å². The van der Waals surface area contributed by atoms with Crippen LogP contribution in [0.4, 0.5) is 0 Å². The molecule has 3 rings (SSSR count). The lowest BCUT2D eigenvalue weighted by atomic mass is 9.97. The van der Waals surface area contributed by atoms with Gasteiger partial charge in [-0.25, -0.2) is 0 Å². The van der Waals surface area contributed by atoms with Crippen molar-refractivity contribution < 1.29 is 9.53 Å². The minimum atomic E-state index is 0.0884. The van der Waals surface area contributed by atoms with Crippen LogP contribution in [0, 0.1) is 5.92 Å². The molecule has 0 aliphatic heterocycles. The molecule has 1 aliphatic rings. The lowest BCUT2D eigenvalue weighted by Crippen LogP contribution is -2.25. The van der Waals surface area contributed by atoms with Crippen molar-refractivity contribution >= 4 is 33.8 Å². The van der Waals surface area contributed by atoms with Crippen molar-refractivity contribution in [3.05, 3.63) is 41.5 Å². The van der Waals surface area contributed by atoms with E-state index < -0.39 is 0 Å². The van der Waals surface area contributed by atoms with E-state index in [0.717, 1.165) is 45.6 Å². The molecule has 0 atom stereocenters. The highest BCUT2D eigenvalue weighted by molar-refractivity contribution is 7.80. The van der Waals surface area contributed by atoms with Crippen LogP contribution in [0.15, 0.2) is 30.3 Å². The van der Waals surface area contributed by atoms with Gasteiger partial charge in [0.2, 0.25) is 0 Å². The topological polar surface area (TPSA) is 38.3 Å². The molecule has 0 bridgehead atoms. The third-order valence-electron chi connectivity index (χ3n) is 4.30. The number of thiocarbonyl (C=S) groups is 1. The second-order valence-corrected chi connectivity index (χ2v) is 6.53. The zero-order valence-electron chi connectivity index (χ0n) is 13.5. The first kappa shape index (κ1) is 15.9. The van der Waals surface area contributed by atoms with Crippen LogP contribution in [0.2, 0.25) is 0 Å². The first-order chi connectivity index (χ1) is 11.1. The Labute approximate surface area is 142 Å². The van der Waals surface area contributed by atoms with Gasteiger partial charge in [0.1, 0.15) is 5.75 Å². The number of ether oxygens (including phenoxy) is 1. The van der Waals surface area contributed by atoms with E-state index >= 15 is 0 Å². The van der Waals surface area contributed by atoms with Crippen LogP contribution in [0.5, 0.6) is 5.75 Å². The molecule has 1 aliphatic carbocycles. The van der Waals surface area contributed by atoms with Crippen molar-refractivity contribution in [1.29, 1.82) is 0 Å². The maximum atomic E-state index is 11.8. The van der Waals surface area contributed by atoms with Crippen LogP contribution in [-0.2, 0) is 6.42 Å². The fraction of sp³-hybridized carbons (Fsp3) is 0.368. The van der Waals surface area contributed by atoms with Gasteiger partial charge in [-0.3, -0.25) is 4.79 Å². The van der Waals surface area contributed by atoms with Gasteiger partial charge in [-0.05, 0) is 66.8 Å². The Bertz CT molecular complexity index is 765. The molecular formula is C19H21NO2S. The van der Waals surface area contributed by atoms with Gasteiger partial charge in [0, 0.05) is 18.0 Å². The van der Waals surface area contributed by atoms with E-state index in [4.69, 9.17) is 17.0 Å². The largest absolute Gasteiger partial charge is 0.497 e. The van der Waals surface area contributed by atoms with Crippen molar-refractivity contribution in [1.82, 2.24) is 5.32 Å². The Kier molecular flexibility index (Phi) is 4.62. The van der Waals surface area contributed by atoms with Gasteiger partial charge >= 0.3 is 0 Å². The monoisotopic (exact) mass is 327 g/mol. The van der Waals surface area contributed by atoms with Crippen LogP contribution in [0.1, 0.15) is 35.7 Å². The van der Waals surface area contributed by atoms with Gasteiger partial charge < -0.3 is 10.1 Å². The summed E-state index contributed by atoms with van der Waals surface area (Å²) >= 11 is 5.37. The molecule has 4 heteroatoms. The SMILES string of the molecule is COc1ccc2cc(C(C)=O)cc(CCNC(=S)C3CC3)c2c1. The zero-order valence-corrected chi connectivity index (χ0v) is 14.3. The molecule has 2 aromatic rings. The molecule has 0 unspecified atom stereocenters. The number of rotatable bonds is 6. The highest BCUT2D eigenvalue weighted by atomic mass is 32.1. The lowest BCUT2D eigenvalue weighted by molar-refractivity contribution is 0.101. The number of hydrogen-bond donors (Lipinski definition) is 1. The standard InChI is InChI=1S/C19H21NO2S/c1-12(21)16-9-14-5-6-17(22-2)11-18(14)15(10-16)7-8-20-19(23)13-3-4-13/h5-6,9-11,13H,3-4,7-8H2,1-2H3,(H,20,23). The predicted octanol–water partition coefficient (Wildman–Crippen LogP) is 3.92. The van der Waals surface area contributed by atoms with Crippen molar-refractivity contribution in [2.24, 2.45) is 5.92 Å². The molecule has 0 aromatic heterocycles. The van der Waals surface area contributed by atoms with E-state index in [-0.39, 0.29) is 5.78 Å². The summed E-state index contributed by atoms with van der Waals surface area (Å²) < 4.78 is 5.33. The number of Topliss-reactive ketones (excluding diaryl/α,β-unsaturated/α-hetero) is 1. The molecule has 23 heavy (non-hydrogen) atoms. The van der Waals surface area contributed by atoms with E-state index in [1.54, 1.807) is 14.0 Å². The fourth-order valence-electron chi connectivity index (χ4n) is 2.76. The Morgan fingerprint density at radius 3 is 2.74 bits per heavy atom. The maximum absolute atomic E-state index is 11.8. The second-order valence-electron chi connectivity index (χ2n) is 6.09. The summed E-state index contributed by atoms with van der Waals surface area (Å²) in [6, 6.07) is 9.91. The molecule has 120 valence electrons. The Morgan fingerprint density at radius 1 is 1.30 bits per heavy atom. The molecule has 0 heterocycles. The molecule has 1 N–H and O–H groups in total. The Balaban J connectivity index is 1.87. The number of fused-ring (bicyclic) bond motifs is 1. The van der Waals surface area contributed by atoms with Crippen molar-refractivity contribution in [2.75, 3.05) is 13.7 Å². The number of carbonyl (C=O) groups is 1. The average molecular weight is 327 g/mol. The molecule has 3 nitrogen and oxygen atoms in total. The average Bonchev–Trinajstić information content (AvgIpc) is 3.38. The van der Waals surface area contributed by atoms with Gasteiger partial charge in [-0.15, -0.1) is 0 Å².